The van der Waals surface area contributed by atoms with Crippen molar-refractivity contribution in [2.75, 3.05) is 7.11 Å². The molecule has 8 heteroatoms. The zero-order chi connectivity index (χ0) is 13.0. The second-order valence-electron chi connectivity index (χ2n) is 2.94. The predicted octanol–water partition coefficient (Wildman–Crippen LogP) is 2.00. The third-order valence-corrected chi connectivity index (χ3v) is 1.95. The molecule has 0 saturated heterocycles. The van der Waals surface area contributed by atoms with E-state index < -0.39 is 22.9 Å². The summed E-state index contributed by atoms with van der Waals surface area (Å²) in [5.74, 6) is -0.912. The maximum atomic E-state index is 12.4. The molecule has 0 aliphatic heterocycles. The summed E-state index contributed by atoms with van der Waals surface area (Å²) in [5.41, 5.74) is -0.861. The van der Waals surface area contributed by atoms with Gasteiger partial charge in [0.2, 0.25) is 5.69 Å². The summed E-state index contributed by atoms with van der Waals surface area (Å²) >= 11 is 0. The minimum Gasteiger partial charge on any atom is -0.496 e. The van der Waals surface area contributed by atoms with E-state index in [-0.39, 0.29) is 17.7 Å². The lowest BCUT2D eigenvalue weighted by atomic mass is 10.1. The first-order valence-electron chi connectivity index (χ1n) is 4.38. The van der Waals surface area contributed by atoms with Crippen LogP contribution in [0.3, 0.4) is 0 Å². The highest BCUT2D eigenvalue weighted by atomic mass is 19.3. The number of pyridine rings is 1. The van der Waals surface area contributed by atoms with Crippen molar-refractivity contribution in [2.45, 2.75) is 12.8 Å². The van der Waals surface area contributed by atoms with Crippen LogP contribution in [0, 0.1) is 21.4 Å². The third-order valence-electron chi connectivity index (χ3n) is 1.95. The van der Waals surface area contributed by atoms with Gasteiger partial charge in [0.05, 0.1) is 19.6 Å². The van der Waals surface area contributed by atoms with E-state index in [2.05, 4.69) is 4.98 Å². The van der Waals surface area contributed by atoms with E-state index >= 15 is 0 Å². The van der Waals surface area contributed by atoms with Gasteiger partial charge in [0.15, 0.2) is 0 Å². The summed E-state index contributed by atoms with van der Waals surface area (Å²) in [6.45, 7) is 0. The molecule has 0 aliphatic rings. The highest BCUT2D eigenvalue weighted by Gasteiger charge is 2.26. The number of rotatable bonds is 4. The van der Waals surface area contributed by atoms with Crippen LogP contribution in [-0.2, 0) is 6.42 Å². The summed E-state index contributed by atoms with van der Waals surface area (Å²) in [4.78, 5) is 13.0. The van der Waals surface area contributed by atoms with Crippen LogP contribution in [0.4, 0.5) is 14.6 Å². The van der Waals surface area contributed by atoms with Crippen molar-refractivity contribution >= 4 is 5.82 Å². The fourth-order valence-electron chi connectivity index (χ4n) is 1.24. The highest BCUT2D eigenvalue weighted by Crippen LogP contribution is 2.31. The monoisotopic (exact) mass is 243 g/mol. The number of nitriles is 1. The lowest BCUT2D eigenvalue weighted by Crippen LogP contribution is -2.04. The van der Waals surface area contributed by atoms with Crippen LogP contribution < -0.4 is 4.74 Å². The summed E-state index contributed by atoms with van der Waals surface area (Å²) in [6, 6.07) is 2.58. The molecule has 1 rings (SSSR count). The van der Waals surface area contributed by atoms with Crippen molar-refractivity contribution in [3.63, 3.8) is 0 Å². The fraction of sp³-hybridized carbons (Fsp3) is 0.333. The molecule has 0 radical (unpaired) electrons. The second kappa shape index (κ2) is 5.16. The quantitative estimate of drug-likeness (QED) is 0.596. The summed E-state index contributed by atoms with van der Waals surface area (Å²) in [5, 5.41) is 19.2. The molecule has 90 valence electrons. The molecule has 1 aromatic rings. The SMILES string of the molecule is COc1cc(C(F)F)nc([N+](=O)[O-])c1CC#N. The molecule has 17 heavy (non-hydrogen) atoms. The molecule has 1 aromatic heterocycles. The minimum atomic E-state index is -2.95. The highest BCUT2D eigenvalue weighted by molar-refractivity contribution is 5.47. The van der Waals surface area contributed by atoms with Crippen molar-refractivity contribution in [2.24, 2.45) is 0 Å². The van der Waals surface area contributed by atoms with Gasteiger partial charge in [-0.05, 0) is 9.91 Å². The van der Waals surface area contributed by atoms with Gasteiger partial charge in [-0.25, -0.2) is 8.78 Å². The molecule has 0 aliphatic carbocycles. The van der Waals surface area contributed by atoms with Gasteiger partial charge >= 0.3 is 12.2 Å². The van der Waals surface area contributed by atoms with Gasteiger partial charge in [-0.1, -0.05) is 0 Å². The third kappa shape index (κ3) is 2.63. The zero-order valence-electron chi connectivity index (χ0n) is 8.68. The van der Waals surface area contributed by atoms with Gasteiger partial charge in [0.1, 0.15) is 11.3 Å². The normalized spacial score (nSPS) is 10.1. The Balaban J connectivity index is 3.46. The lowest BCUT2D eigenvalue weighted by molar-refractivity contribution is -0.390. The molecule has 0 fully saturated rings. The molecule has 0 saturated carbocycles. The molecular formula is C9H7F2N3O3. The van der Waals surface area contributed by atoms with Gasteiger partial charge in [-0.2, -0.15) is 5.26 Å². The van der Waals surface area contributed by atoms with Crippen molar-refractivity contribution in [3.8, 4) is 11.8 Å². The Bertz CT molecular complexity index is 485. The van der Waals surface area contributed by atoms with Crippen LogP contribution in [0.5, 0.6) is 5.75 Å². The Kier molecular flexibility index (Phi) is 3.87. The molecular weight excluding hydrogens is 236 g/mol. The van der Waals surface area contributed by atoms with Crippen LogP contribution in [0.25, 0.3) is 0 Å². The Hall–Kier alpha value is -2.30. The van der Waals surface area contributed by atoms with Gasteiger partial charge in [0.25, 0.3) is 0 Å². The maximum Gasteiger partial charge on any atom is 0.371 e. The van der Waals surface area contributed by atoms with Crippen molar-refractivity contribution < 1.29 is 18.4 Å². The Morgan fingerprint density at radius 3 is 2.76 bits per heavy atom. The van der Waals surface area contributed by atoms with Crippen LogP contribution in [0.1, 0.15) is 17.7 Å². The zero-order valence-corrected chi connectivity index (χ0v) is 8.68. The standard InChI is InChI=1S/C9H7F2N3O3/c1-17-7-4-6(8(10)11)13-9(14(15)16)5(7)2-3-12/h4,8H,2H2,1H3. The molecule has 0 atom stereocenters. The van der Waals surface area contributed by atoms with E-state index in [0.717, 1.165) is 6.07 Å². The molecule has 0 unspecified atom stereocenters. The van der Waals surface area contributed by atoms with Gasteiger partial charge < -0.3 is 14.9 Å². The lowest BCUT2D eigenvalue weighted by Gasteiger charge is -2.06. The molecule has 0 bridgehead atoms. The Labute approximate surface area is 94.6 Å². The first kappa shape index (κ1) is 12.8. The van der Waals surface area contributed by atoms with Crippen LogP contribution in [0.15, 0.2) is 6.07 Å². The van der Waals surface area contributed by atoms with Gasteiger partial charge in [-0.3, -0.25) is 0 Å². The van der Waals surface area contributed by atoms with E-state index in [4.69, 9.17) is 10.00 Å². The second-order valence-corrected chi connectivity index (χ2v) is 2.94. The summed E-state index contributed by atoms with van der Waals surface area (Å²) < 4.78 is 29.6. The minimum absolute atomic E-state index is 0.107. The van der Waals surface area contributed by atoms with E-state index in [1.54, 1.807) is 6.07 Å². The van der Waals surface area contributed by atoms with Crippen LogP contribution >= 0.6 is 0 Å². The van der Waals surface area contributed by atoms with E-state index in [9.17, 15) is 18.9 Å². The number of nitro groups is 1. The van der Waals surface area contributed by atoms with Crippen molar-refractivity contribution in [1.29, 1.82) is 5.26 Å². The van der Waals surface area contributed by atoms with E-state index in [1.165, 1.54) is 7.11 Å². The number of ether oxygens (including phenoxy) is 1. The Morgan fingerprint density at radius 1 is 1.71 bits per heavy atom. The molecule has 0 spiro atoms. The number of hydrogen-bond donors (Lipinski definition) is 0. The fourth-order valence-corrected chi connectivity index (χ4v) is 1.24. The van der Waals surface area contributed by atoms with Crippen molar-refractivity contribution in [1.82, 2.24) is 4.98 Å². The Morgan fingerprint density at radius 2 is 2.35 bits per heavy atom. The number of halogens is 2. The maximum absolute atomic E-state index is 12.4. The van der Waals surface area contributed by atoms with Crippen LogP contribution in [-0.4, -0.2) is 17.0 Å². The predicted molar refractivity (Wildman–Crippen MR) is 51.7 cm³/mol. The van der Waals surface area contributed by atoms with Gasteiger partial charge in [0, 0.05) is 6.07 Å². The van der Waals surface area contributed by atoms with E-state index in [0.29, 0.717) is 0 Å². The largest absolute Gasteiger partial charge is 0.496 e. The average Bonchev–Trinajstić information content (AvgIpc) is 2.28. The number of methoxy groups -OCH3 is 1. The summed E-state index contributed by atoms with van der Waals surface area (Å²) in [7, 11) is 1.18. The number of aromatic nitrogens is 1. The van der Waals surface area contributed by atoms with Gasteiger partial charge in [-0.15, -0.1) is 0 Å². The number of alkyl halides is 2. The molecule has 0 amide bonds. The molecule has 6 nitrogen and oxygen atoms in total. The molecule has 0 N–H and O–H groups in total. The average molecular weight is 243 g/mol. The van der Waals surface area contributed by atoms with Crippen molar-refractivity contribution in [3.05, 3.63) is 27.4 Å². The first-order valence-corrected chi connectivity index (χ1v) is 4.38. The first-order chi connectivity index (χ1) is 8.01. The van der Waals surface area contributed by atoms with E-state index in [1.807, 2.05) is 0 Å². The summed E-state index contributed by atoms with van der Waals surface area (Å²) in [6.07, 6.45) is -3.28. The molecule has 0 aromatic carbocycles. The number of nitrogens with zero attached hydrogens (tertiary/aromatic N) is 3. The van der Waals surface area contributed by atoms with Crippen LogP contribution in [0.2, 0.25) is 0 Å². The molecule has 1 heterocycles. The topological polar surface area (TPSA) is 89.1 Å². The number of hydrogen-bond acceptors (Lipinski definition) is 5. The smallest absolute Gasteiger partial charge is 0.371 e.